The summed E-state index contributed by atoms with van der Waals surface area (Å²) in [5.41, 5.74) is 2.21. The van der Waals surface area contributed by atoms with Gasteiger partial charge in [-0.05, 0) is 55.5 Å². The molecule has 0 saturated carbocycles. The van der Waals surface area contributed by atoms with Crippen molar-refractivity contribution < 1.29 is 19.1 Å². The molecule has 4 aromatic rings. The van der Waals surface area contributed by atoms with Crippen molar-refractivity contribution in [2.75, 3.05) is 16.4 Å². The van der Waals surface area contributed by atoms with Gasteiger partial charge < -0.3 is 4.74 Å². The molecule has 9 heteroatoms. The largest absolute Gasteiger partial charge is 0.494 e. The Morgan fingerprint density at radius 2 is 1.89 bits per heavy atom. The number of imide groups is 1. The number of hydrogen-bond donors (Lipinski definition) is 0. The molecule has 0 spiro atoms. The van der Waals surface area contributed by atoms with Crippen LogP contribution >= 0.6 is 11.3 Å². The van der Waals surface area contributed by atoms with E-state index in [4.69, 9.17) is 9.72 Å². The molecule has 0 atom stereocenters. The maximum Gasteiger partial charge on any atom is 0.260 e. The standard InChI is InChI=1S/C26H22N4O4S/c1-2-34-20-9-10-21-22(15-20)35-26(28-21)29(16-18-7-3-4-13-27-18)25(33)17-6-5-8-19(14-17)30-23(31)11-12-24(30)32/h3-10,13-15H,2,11-12,16H2,1H3. The number of aromatic nitrogens is 2. The monoisotopic (exact) mass is 486 g/mol. The average molecular weight is 487 g/mol. The number of nitrogens with zero attached hydrogens (tertiary/aromatic N) is 4. The lowest BCUT2D eigenvalue weighted by Gasteiger charge is -2.21. The van der Waals surface area contributed by atoms with E-state index in [-0.39, 0.29) is 37.1 Å². The van der Waals surface area contributed by atoms with Gasteiger partial charge in [-0.3, -0.25) is 29.2 Å². The van der Waals surface area contributed by atoms with Crippen molar-refractivity contribution in [2.24, 2.45) is 0 Å². The van der Waals surface area contributed by atoms with Crippen LogP contribution in [-0.2, 0) is 16.1 Å². The Morgan fingerprint density at radius 3 is 2.63 bits per heavy atom. The third kappa shape index (κ3) is 4.63. The average Bonchev–Trinajstić information content (AvgIpc) is 3.45. The van der Waals surface area contributed by atoms with Gasteiger partial charge in [-0.15, -0.1) is 0 Å². The molecule has 8 nitrogen and oxygen atoms in total. The SMILES string of the molecule is CCOc1ccc2nc(N(Cc3ccccn3)C(=O)c3cccc(N4C(=O)CCC4=O)c3)sc2c1. The molecule has 176 valence electrons. The van der Waals surface area contributed by atoms with Gasteiger partial charge in [0.2, 0.25) is 11.8 Å². The molecular weight excluding hydrogens is 464 g/mol. The summed E-state index contributed by atoms with van der Waals surface area (Å²) in [7, 11) is 0. The van der Waals surface area contributed by atoms with E-state index in [0.717, 1.165) is 20.9 Å². The van der Waals surface area contributed by atoms with Gasteiger partial charge in [0, 0.05) is 24.6 Å². The van der Waals surface area contributed by atoms with Crippen molar-refractivity contribution >= 4 is 50.1 Å². The van der Waals surface area contributed by atoms with E-state index in [2.05, 4.69) is 4.98 Å². The highest BCUT2D eigenvalue weighted by Gasteiger charge is 2.31. The number of carbonyl (C=O) groups excluding carboxylic acids is 3. The summed E-state index contributed by atoms with van der Waals surface area (Å²) in [6, 6.07) is 17.7. The van der Waals surface area contributed by atoms with Crippen LogP contribution < -0.4 is 14.5 Å². The molecule has 0 radical (unpaired) electrons. The van der Waals surface area contributed by atoms with Crippen molar-refractivity contribution in [1.29, 1.82) is 0 Å². The second kappa shape index (κ2) is 9.63. The maximum absolute atomic E-state index is 13.8. The first-order chi connectivity index (χ1) is 17.0. The molecule has 1 aliphatic heterocycles. The summed E-state index contributed by atoms with van der Waals surface area (Å²) in [6.45, 7) is 2.69. The Balaban J connectivity index is 1.53. The van der Waals surface area contributed by atoms with Crippen LogP contribution in [0.2, 0.25) is 0 Å². The quantitative estimate of drug-likeness (QED) is 0.355. The van der Waals surface area contributed by atoms with Crippen LogP contribution in [0.5, 0.6) is 5.75 Å². The number of amides is 3. The Morgan fingerprint density at radius 1 is 1.06 bits per heavy atom. The van der Waals surface area contributed by atoms with E-state index in [0.29, 0.717) is 28.7 Å². The summed E-state index contributed by atoms with van der Waals surface area (Å²) < 4.78 is 6.50. The highest BCUT2D eigenvalue weighted by molar-refractivity contribution is 7.22. The predicted molar refractivity (Wildman–Crippen MR) is 134 cm³/mol. The van der Waals surface area contributed by atoms with Crippen molar-refractivity contribution in [1.82, 2.24) is 9.97 Å². The van der Waals surface area contributed by atoms with Crippen LogP contribution in [0, 0.1) is 0 Å². The Bertz CT molecular complexity index is 1400. The van der Waals surface area contributed by atoms with Gasteiger partial charge in [-0.2, -0.15) is 0 Å². The Labute approximate surface area is 205 Å². The number of thiazole rings is 1. The molecular formula is C26H22N4O4S. The first-order valence-electron chi connectivity index (χ1n) is 11.2. The van der Waals surface area contributed by atoms with Gasteiger partial charge in [0.25, 0.3) is 5.91 Å². The molecule has 2 aromatic heterocycles. The molecule has 0 bridgehead atoms. The molecule has 3 heterocycles. The fraction of sp³-hybridized carbons (Fsp3) is 0.192. The first kappa shape index (κ1) is 22.7. The Hall–Kier alpha value is -4.11. The van der Waals surface area contributed by atoms with Crippen LogP contribution in [0.25, 0.3) is 10.2 Å². The second-order valence-electron chi connectivity index (χ2n) is 7.94. The number of carbonyl (C=O) groups is 3. The number of rotatable bonds is 7. The molecule has 35 heavy (non-hydrogen) atoms. The minimum atomic E-state index is -0.305. The van der Waals surface area contributed by atoms with Gasteiger partial charge in [0.05, 0.1) is 34.7 Å². The summed E-state index contributed by atoms with van der Waals surface area (Å²) in [4.78, 5) is 50.0. The zero-order valence-electron chi connectivity index (χ0n) is 19.0. The van der Waals surface area contributed by atoms with E-state index in [9.17, 15) is 14.4 Å². The fourth-order valence-electron chi connectivity index (χ4n) is 3.94. The molecule has 0 aliphatic carbocycles. The van der Waals surface area contributed by atoms with Crippen molar-refractivity contribution in [3.8, 4) is 5.75 Å². The third-order valence-corrected chi connectivity index (χ3v) is 6.63. The summed E-state index contributed by atoms with van der Waals surface area (Å²) in [5, 5.41) is 0.517. The van der Waals surface area contributed by atoms with Crippen molar-refractivity contribution in [3.05, 3.63) is 78.1 Å². The van der Waals surface area contributed by atoms with E-state index in [1.807, 2.05) is 43.3 Å². The van der Waals surface area contributed by atoms with Crippen LogP contribution in [0.1, 0.15) is 35.8 Å². The first-order valence-corrected chi connectivity index (χ1v) is 12.1. The van der Waals surface area contributed by atoms with Crippen LogP contribution in [-0.4, -0.2) is 34.3 Å². The number of anilines is 2. The van der Waals surface area contributed by atoms with E-state index < -0.39 is 0 Å². The molecule has 1 fully saturated rings. The zero-order valence-corrected chi connectivity index (χ0v) is 19.8. The lowest BCUT2D eigenvalue weighted by molar-refractivity contribution is -0.121. The third-order valence-electron chi connectivity index (χ3n) is 5.58. The van der Waals surface area contributed by atoms with Crippen molar-refractivity contribution in [3.63, 3.8) is 0 Å². The van der Waals surface area contributed by atoms with Crippen LogP contribution in [0.4, 0.5) is 10.8 Å². The molecule has 5 rings (SSSR count). The van der Waals surface area contributed by atoms with Crippen LogP contribution in [0.3, 0.4) is 0 Å². The number of pyridine rings is 1. The smallest absolute Gasteiger partial charge is 0.260 e. The topological polar surface area (TPSA) is 92.7 Å². The Kier molecular flexibility index (Phi) is 6.24. The van der Waals surface area contributed by atoms with Gasteiger partial charge in [-0.25, -0.2) is 4.98 Å². The second-order valence-corrected chi connectivity index (χ2v) is 8.95. The highest BCUT2D eigenvalue weighted by atomic mass is 32.1. The number of ether oxygens (including phenoxy) is 1. The normalized spacial score (nSPS) is 13.5. The molecule has 0 N–H and O–H groups in total. The molecule has 3 amide bonds. The van der Waals surface area contributed by atoms with Crippen LogP contribution in [0.15, 0.2) is 66.9 Å². The summed E-state index contributed by atoms with van der Waals surface area (Å²) in [5.74, 6) is -0.0893. The fourth-order valence-corrected chi connectivity index (χ4v) is 4.93. The maximum atomic E-state index is 13.8. The van der Waals surface area contributed by atoms with Gasteiger partial charge in [0.1, 0.15) is 5.75 Å². The predicted octanol–water partition coefficient (Wildman–Crippen LogP) is 4.59. The van der Waals surface area contributed by atoms with E-state index in [1.165, 1.54) is 11.3 Å². The lowest BCUT2D eigenvalue weighted by Crippen LogP contribution is -2.32. The van der Waals surface area contributed by atoms with Crippen molar-refractivity contribution in [2.45, 2.75) is 26.3 Å². The highest BCUT2D eigenvalue weighted by Crippen LogP contribution is 2.33. The number of fused-ring (bicyclic) bond motifs is 1. The summed E-state index contributed by atoms with van der Waals surface area (Å²) in [6.07, 6.45) is 2.03. The number of hydrogen-bond acceptors (Lipinski definition) is 7. The van der Waals surface area contributed by atoms with Gasteiger partial charge >= 0.3 is 0 Å². The minimum Gasteiger partial charge on any atom is -0.494 e. The molecule has 2 aromatic carbocycles. The lowest BCUT2D eigenvalue weighted by atomic mass is 10.1. The molecule has 1 saturated heterocycles. The van der Waals surface area contributed by atoms with E-state index >= 15 is 0 Å². The molecule has 0 unspecified atom stereocenters. The van der Waals surface area contributed by atoms with E-state index in [1.54, 1.807) is 35.4 Å². The summed E-state index contributed by atoms with van der Waals surface area (Å²) >= 11 is 1.39. The number of benzene rings is 2. The van der Waals surface area contributed by atoms with Gasteiger partial charge in [-0.1, -0.05) is 23.5 Å². The zero-order chi connectivity index (χ0) is 24.4. The van der Waals surface area contributed by atoms with Gasteiger partial charge in [0.15, 0.2) is 5.13 Å². The minimum absolute atomic E-state index is 0.179. The molecule has 1 aliphatic rings.